The van der Waals surface area contributed by atoms with Gasteiger partial charge in [0.25, 0.3) is 5.91 Å². The summed E-state index contributed by atoms with van der Waals surface area (Å²) in [4.78, 5) is 37.9. The molecule has 0 radical (unpaired) electrons. The number of amides is 2. The standard InChI is InChI=1S/C22H29N5O2S/c1-16-3-2-9-26(14-16)15-20(28)27-10-6-17(7-11-27)19-5-4-18(13-24-19)21(29)25-22-23-8-12-30-22/h4-5,8,12-13,16-17H,2-3,6-7,9-11,14-15H2,1H3,(H,23,25,29)/t16-/m0/s1. The Morgan fingerprint density at radius 3 is 2.67 bits per heavy atom. The van der Waals surface area contributed by atoms with Crippen molar-refractivity contribution in [1.29, 1.82) is 0 Å². The van der Waals surface area contributed by atoms with Gasteiger partial charge in [0, 0.05) is 49.0 Å². The van der Waals surface area contributed by atoms with E-state index in [-0.39, 0.29) is 11.8 Å². The molecule has 2 aliphatic heterocycles. The predicted octanol–water partition coefficient (Wildman–Crippen LogP) is 3.23. The lowest BCUT2D eigenvalue weighted by Gasteiger charge is -2.35. The highest BCUT2D eigenvalue weighted by atomic mass is 32.1. The van der Waals surface area contributed by atoms with E-state index in [0.717, 1.165) is 44.7 Å². The van der Waals surface area contributed by atoms with Crippen LogP contribution in [0.2, 0.25) is 0 Å². The van der Waals surface area contributed by atoms with E-state index in [1.165, 1.54) is 24.2 Å². The molecule has 0 aliphatic carbocycles. The predicted molar refractivity (Wildman–Crippen MR) is 118 cm³/mol. The van der Waals surface area contributed by atoms with Gasteiger partial charge in [0.1, 0.15) is 0 Å². The summed E-state index contributed by atoms with van der Waals surface area (Å²) in [6.45, 7) is 6.45. The fraction of sp³-hybridized carbons (Fsp3) is 0.545. The Balaban J connectivity index is 1.26. The highest BCUT2D eigenvalue weighted by Gasteiger charge is 2.27. The molecule has 2 fully saturated rings. The highest BCUT2D eigenvalue weighted by molar-refractivity contribution is 7.13. The van der Waals surface area contributed by atoms with Crippen LogP contribution in [0.25, 0.3) is 0 Å². The molecular formula is C22H29N5O2S. The molecule has 1 N–H and O–H groups in total. The van der Waals surface area contributed by atoms with Crippen molar-refractivity contribution < 1.29 is 9.59 Å². The minimum absolute atomic E-state index is 0.198. The van der Waals surface area contributed by atoms with Crippen LogP contribution in [-0.2, 0) is 4.79 Å². The summed E-state index contributed by atoms with van der Waals surface area (Å²) in [6, 6.07) is 3.76. The van der Waals surface area contributed by atoms with Crippen molar-refractivity contribution in [2.45, 2.75) is 38.5 Å². The summed E-state index contributed by atoms with van der Waals surface area (Å²) in [5.41, 5.74) is 1.52. The lowest BCUT2D eigenvalue weighted by Crippen LogP contribution is -2.46. The average molecular weight is 428 g/mol. The molecule has 0 unspecified atom stereocenters. The van der Waals surface area contributed by atoms with Gasteiger partial charge >= 0.3 is 0 Å². The van der Waals surface area contributed by atoms with Gasteiger partial charge in [-0.3, -0.25) is 24.8 Å². The molecule has 4 heterocycles. The number of nitrogens with one attached hydrogen (secondary N) is 1. The van der Waals surface area contributed by atoms with Crippen molar-refractivity contribution >= 4 is 28.3 Å². The van der Waals surface area contributed by atoms with Gasteiger partial charge in [0.15, 0.2) is 5.13 Å². The van der Waals surface area contributed by atoms with Gasteiger partial charge in [0.05, 0.1) is 12.1 Å². The molecule has 2 saturated heterocycles. The van der Waals surface area contributed by atoms with E-state index in [0.29, 0.717) is 29.1 Å². The maximum atomic E-state index is 12.7. The van der Waals surface area contributed by atoms with Crippen LogP contribution in [0.15, 0.2) is 29.9 Å². The van der Waals surface area contributed by atoms with Gasteiger partial charge in [0.2, 0.25) is 5.91 Å². The Morgan fingerprint density at radius 2 is 2.00 bits per heavy atom. The van der Waals surface area contributed by atoms with Crippen molar-refractivity contribution in [1.82, 2.24) is 19.8 Å². The zero-order valence-corrected chi connectivity index (χ0v) is 18.2. The first-order valence-electron chi connectivity index (χ1n) is 10.8. The molecule has 7 nitrogen and oxygen atoms in total. The molecule has 2 aliphatic rings. The molecule has 160 valence electrons. The highest BCUT2D eigenvalue weighted by Crippen LogP contribution is 2.27. The van der Waals surface area contributed by atoms with Crippen molar-refractivity contribution in [2.24, 2.45) is 5.92 Å². The number of hydrogen-bond donors (Lipinski definition) is 1. The molecule has 4 rings (SSSR count). The van der Waals surface area contributed by atoms with E-state index >= 15 is 0 Å². The normalized spacial score (nSPS) is 20.8. The van der Waals surface area contributed by atoms with Crippen LogP contribution in [0.4, 0.5) is 5.13 Å². The number of aromatic nitrogens is 2. The summed E-state index contributed by atoms with van der Waals surface area (Å²) < 4.78 is 0. The van der Waals surface area contributed by atoms with E-state index in [4.69, 9.17) is 0 Å². The molecule has 8 heteroatoms. The summed E-state index contributed by atoms with van der Waals surface area (Å²) >= 11 is 1.39. The molecule has 0 saturated carbocycles. The molecular weight excluding hydrogens is 398 g/mol. The second-order valence-corrected chi connectivity index (χ2v) is 9.30. The minimum atomic E-state index is -0.198. The summed E-state index contributed by atoms with van der Waals surface area (Å²) in [6.07, 6.45) is 7.59. The van der Waals surface area contributed by atoms with Crippen LogP contribution in [0.5, 0.6) is 0 Å². The van der Waals surface area contributed by atoms with E-state index in [1.54, 1.807) is 12.4 Å². The Hall–Kier alpha value is -2.32. The van der Waals surface area contributed by atoms with Crippen molar-refractivity contribution in [3.63, 3.8) is 0 Å². The van der Waals surface area contributed by atoms with Crippen LogP contribution in [0.3, 0.4) is 0 Å². The Labute approximate surface area is 181 Å². The van der Waals surface area contributed by atoms with Crippen LogP contribution >= 0.6 is 11.3 Å². The number of piperidine rings is 2. The first kappa shape index (κ1) is 20.9. The second kappa shape index (κ2) is 9.66. The number of likely N-dealkylation sites (tertiary alicyclic amines) is 2. The third kappa shape index (κ3) is 5.23. The monoisotopic (exact) mass is 427 g/mol. The fourth-order valence-corrected chi connectivity index (χ4v) is 4.91. The first-order chi connectivity index (χ1) is 14.6. The lowest BCUT2D eigenvalue weighted by molar-refractivity contribution is -0.133. The molecule has 2 aromatic heterocycles. The fourth-order valence-electron chi connectivity index (χ4n) is 4.38. The Bertz CT molecular complexity index is 847. The largest absolute Gasteiger partial charge is 0.342 e. The summed E-state index contributed by atoms with van der Waals surface area (Å²) in [7, 11) is 0. The molecule has 0 aromatic carbocycles. The average Bonchev–Trinajstić information content (AvgIpc) is 3.27. The maximum absolute atomic E-state index is 12.7. The number of nitrogens with zero attached hydrogens (tertiary/aromatic N) is 4. The molecule has 0 spiro atoms. The van der Waals surface area contributed by atoms with Crippen LogP contribution in [0, 0.1) is 5.92 Å². The van der Waals surface area contributed by atoms with Crippen molar-refractivity contribution in [2.75, 3.05) is 38.0 Å². The number of hydrogen-bond acceptors (Lipinski definition) is 6. The number of carbonyl (C=O) groups excluding carboxylic acids is 2. The van der Waals surface area contributed by atoms with Crippen LogP contribution in [0.1, 0.15) is 54.6 Å². The van der Waals surface area contributed by atoms with Gasteiger partial charge < -0.3 is 4.90 Å². The first-order valence-corrected chi connectivity index (χ1v) is 11.6. The Kier molecular flexibility index (Phi) is 6.74. The third-order valence-electron chi connectivity index (χ3n) is 6.07. The zero-order chi connectivity index (χ0) is 20.9. The number of rotatable bonds is 5. The van der Waals surface area contributed by atoms with Gasteiger partial charge in [-0.1, -0.05) is 6.92 Å². The van der Waals surface area contributed by atoms with E-state index < -0.39 is 0 Å². The van der Waals surface area contributed by atoms with Crippen molar-refractivity contribution in [3.05, 3.63) is 41.2 Å². The summed E-state index contributed by atoms with van der Waals surface area (Å²) in [5, 5.41) is 5.18. The molecule has 30 heavy (non-hydrogen) atoms. The quantitative estimate of drug-likeness (QED) is 0.793. The van der Waals surface area contributed by atoms with Gasteiger partial charge in [-0.05, 0) is 50.3 Å². The minimum Gasteiger partial charge on any atom is -0.342 e. The molecule has 0 bridgehead atoms. The molecule has 2 aromatic rings. The third-order valence-corrected chi connectivity index (χ3v) is 6.76. The smallest absolute Gasteiger partial charge is 0.259 e. The van der Waals surface area contributed by atoms with Gasteiger partial charge in [-0.15, -0.1) is 11.3 Å². The van der Waals surface area contributed by atoms with E-state index in [9.17, 15) is 9.59 Å². The maximum Gasteiger partial charge on any atom is 0.259 e. The van der Waals surface area contributed by atoms with Gasteiger partial charge in [-0.25, -0.2) is 4.98 Å². The van der Waals surface area contributed by atoms with Crippen LogP contribution in [-0.4, -0.2) is 64.3 Å². The summed E-state index contributed by atoms with van der Waals surface area (Å²) in [5.74, 6) is 1.08. The van der Waals surface area contributed by atoms with E-state index in [2.05, 4.69) is 27.1 Å². The topological polar surface area (TPSA) is 78.4 Å². The van der Waals surface area contributed by atoms with Gasteiger partial charge in [-0.2, -0.15) is 0 Å². The van der Waals surface area contributed by atoms with Crippen molar-refractivity contribution in [3.8, 4) is 0 Å². The molecule has 2 amide bonds. The Morgan fingerprint density at radius 1 is 1.17 bits per heavy atom. The number of carbonyl (C=O) groups is 2. The lowest BCUT2D eigenvalue weighted by atomic mass is 9.92. The molecule has 1 atom stereocenters. The number of anilines is 1. The number of pyridine rings is 1. The van der Waals surface area contributed by atoms with E-state index in [1.807, 2.05) is 22.4 Å². The SMILES string of the molecule is C[C@H]1CCCN(CC(=O)N2CCC(c3ccc(C(=O)Nc4nccs4)cn3)CC2)C1. The number of thiazole rings is 1. The zero-order valence-electron chi connectivity index (χ0n) is 17.4. The van der Waals surface area contributed by atoms with Crippen LogP contribution < -0.4 is 5.32 Å². The second-order valence-electron chi connectivity index (χ2n) is 8.40.